The number of pyridine rings is 1. The van der Waals surface area contributed by atoms with Gasteiger partial charge in [0.05, 0.1) is 10.6 Å². The van der Waals surface area contributed by atoms with Crippen LogP contribution in [0.15, 0.2) is 22.9 Å². The van der Waals surface area contributed by atoms with Crippen molar-refractivity contribution in [3.05, 3.63) is 29.4 Å². The predicted octanol–water partition coefficient (Wildman–Crippen LogP) is 2.72. The quantitative estimate of drug-likeness (QED) is 0.824. The molecule has 2 aromatic rings. The highest BCUT2D eigenvalue weighted by molar-refractivity contribution is 6.32. The summed E-state index contributed by atoms with van der Waals surface area (Å²) in [5.74, 6) is 1.08. The molecule has 1 N–H and O–H groups in total. The third kappa shape index (κ3) is 4.01. The predicted molar refractivity (Wildman–Crippen MR) is 74.0 cm³/mol. The highest BCUT2D eigenvalue weighted by Gasteiger charge is 2.11. The lowest BCUT2D eigenvalue weighted by molar-refractivity contribution is 0.484. The lowest BCUT2D eigenvalue weighted by Gasteiger charge is -2.05. The number of hydrogen-bond donors (Lipinski definition) is 1. The van der Waals surface area contributed by atoms with Crippen molar-refractivity contribution in [2.45, 2.75) is 32.7 Å². The van der Waals surface area contributed by atoms with Crippen molar-refractivity contribution in [1.82, 2.24) is 20.5 Å². The number of aromatic nitrogens is 3. The second-order valence-corrected chi connectivity index (χ2v) is 4.98. The molecule has 102 valence electrons. The summed E-state index contributed by atoms with van der Waals surface area (Å²) < 4.78 is 5.60. The third-order valence-corrected chi connectivity index (χ3v) is 2.89. The maximum absolute atomic E-state index is 6.03. The van der Waals surface area contributed by atoms with Gasteiger partial charge in [0.15, 0.2) is 0 Å². The molecule has 0 aromatic carbocycles. The molecule has 0 spiro atoms. The van der Waals surface area contributed by atoms with Crippen molar-refractivity contribution in [1.29, 1.82) is 0 Å². The van der Waals surface area contributed by atoms with Crippen LogP contribution >= 0.6 is 11.6 Å². The average Bonchev–Trinajstić information content (AvgIpc) is 2.83. The highest BCUT2D eigenvalue weighted by Crippen LogP contribution is 2.25. The van der Waals surface area contributed by atoms with E-state index >= 15 is 0 Å². The molecule has 0 amide bonds. The van der Waals surface area contributed by atoms with Gasteiger partial charge in [0, 0.05) is 24.9 Å². The van der Waals surface area contributed by atoms with E-state index in [0.29, 0.717) is 22.8 Å². The summed E-state index contributed by atoms with van der Waals surface area (Å²) in [6, 6.07) is 2.26. The van der Waals surface area contributed by atoms with Gasteiger partial charge in [-0.1, -0.05) is 25.4 Å². The molecule has 0 fully saturated rings. The molecule has 2 heterocycles. The van der Waals surface area contributed by atoms with E-state index < -0.39 is 0 Å². The SMILES string of the molecule is CC(C)NCCCc1nnc(-c2ccncc2Cl)o1. The van der Waals surface area contributed by atoms with Crippen LogP contribution in [0.1, 0.15) is 26.2 Å². The van der Waals surface area contributed by atoms with Crippen molar-refractivity contribution >= 4 is 11.6 Å². The monoisotopic (exact) mass is 280 g/mol. The Balaban J connectivity index is 1.94. The van der Waals surface area contributed by atoms with Gasteiger partial charge in [-0.15, -0.1) is 10.2 Å². The number of hydrogen-bond acceptors (Lipinski definition) is 5. The van der Waals surface area contributed by atoms with Gasteiger partial charge in [-0.2, -0.15) is 0 Å². The van der Waals surface area contributed by atoms with Crippen molar-refractivity contribution in [2.75, 3.05) is 6.54 Å². The van der Waals surface area contributed by atoms with Gasteiger partial charge in [0.25, 0.3) is 0 Å². The average molecular weight is 281 g/mol. The Morgan fingerprint density at radius 3 is 2.95 bits per heavy atom. The zero-order valence-electron chi connectivity index (χ0n) is 11.1. The molecule has 6 heteroatoms. The molecular formula is C13H17ClN4O. The minimum absolute atomic E-state index is 0.444. The summed E-state index contributed by atoms with van der Waals surface area (Å²) >= 11 is 6.03. The molecule has 0 saturated carbocycles. The van der Waals surface area contributed by atoms with Crippen LogP contribution < -0.4 is 5.32 Å². The first-order valence-corrected chi connectivity index (χ1v) is 6.70. The Labute approximate surface area is 117 Å². The number of nitrogens with one attached hydrogen (secondary N) is 1. The van der Waals surface area contributed by atoms with E-state index in [1.54, 1.807) is 18.5 Å². The maximum atomic E-state index is 6.03. The van der Waals surface area contributed by atoms with Crippen molar-refractivity contribution in [3.63, 3.8) is 0 Å². The molecule has 0 bridgehead atoms. The largest absolute Gasteiger partial charge is 0.421 e. The first-order chi connectivity index (χ1) is 9.16. The van der Waals surface area contributed by atoms with Crippen molar-refractivity contribution < 1.29 is 4.42 Å². The van der Waals surface area contributed by atoms with E-state index in [2.05, 4.69) is 34.3 Å². The van der Waals surface area contributed by atoms with Gasteiger partial charge in [-0.05, 0) is 19.0 Å². The molecule has 0 saturated heterocycles. The summed E-state index contributed by atoms with van der Waals surface area (Å²) in [4.78, 5) is 3.92. The minimum Gasteiger partial charge on any atom is -0.421 e. The lowest BCUT2D eigenvalue weighted by Crippen LogP contribution is -2.23. The number of aryl methyl sites for hydroxylation is 1. The van der Waals surface area contributed by atoms with E-state index in [1.165, 1.54) is 0 Å². The number of halogens is 1. The Morgan fingerprint density at radius 2 is 2.21 bits per heavy atom. The maximum Gasteiger partial charge on any atom is 0.249 e. The first kappa shape index (κ1) is 14.0. The molecule has 0 atom stereocenters. The van der Waals surface area contributed by atoms with Gasteiger partial charge in [0.1, 0.15) is 0 Å². The lowest BCUT2D eigenvalue weighted by atomic mass is 10.3. The molecule has 0 aliphatic carbocycles. The van der Waals surface area contributed by atoms with Crippen LogP contribution in [0.2, 0.25) is 5.02 Å². The first-order valence-electron chi connectivity index (χ1n) is 6.32. The van der Waals surface area contributed by atoms with Crippen molar-refractivity contribution in [3.8, 4) is 11.5 Å². The second kappa shape index (κ2) is 6.63. The molecule has 0 aliphatic rings. The summed E-state index contributed by atoms with van der Waals surface area (Å²) in [7, 11) is 0. The zero-order valence-corrected chi connectivity index (χ0v) is 11.8. The van der Waals surface area contributed by atoms with Crippen LogP contribution in [0.3, 0.4) is 0 Å². The van der Waals surface area contributed by atoms with Crippen LogP contribution in [0.5, 0.6) is 0 Å². The summed E-state index contributed by atoms with van der Waals surface area (Å²) in [5.41, 5.74) is 0.718. The van der Waals surface area contributed by atoms with Gasteiger partial charge in [0.2, 0.25) is 11.8 Å². The van der Waals surface area contributed by atoms with Gasteiger partial charge in [-0.3, -0.25) is 4.98 Å². The van der Waals surface area contributed by atoms with E-state index in [1.807, 2.05) is 0 Å². The topological polar surface area (TPSA) is 63.8 Å². The molecule has 0 radical (unpaired) electrons. The normalized spacial score (nSPS) is 11.2. The molecule has 0 unspecified atom stereocenters. The Hall–Kier alpha value is -1.46. The van der Waals surface area contributed by atoms with Crippen LogP contribution in [0.4, 0.5) is 0 Å². The van der Waals surface area contributed by atoms with Gasteiger partial charge in [-0.25, -0.2) is 0 Å². The van der Waals surface area contributed by atoms with Gasteiger partial charge < -0.3 is 9.73 Å². The molecule has 2 rings (SSSR count). The van der Waals surface area contributed by atoms with Gasteiger partial charge >= 0.3 is 0 Å². The highest BCUT2D eigenvalue weighted by atomic mass is 35.5. The van der Waals surface area contributed by atoms with E-state index in [0.717, 1.165) is 24.9 Å². The summed E-state index contributed by atoms with van der Waals surface area (Å²) in [5, 5.41) is 11.9. The molecule has 19 heavy (non-hydrogen) atoms. The Kier molecular flexibility index (Phi) is 4.87. The van der Waals surface area contributed by atoms with Crippen LogP contribution in [-0.2, 0) is 6.42 Å². The molecule has 0 aliphatic heterocycles. The smallest absolute Gasteiger partial charge is 0.249 e. The van der Waals surface area contributed by atoms with Crippen LogP contribution in [0.25, 0.3) is 11.5 Å². The Bertz CT molecular complexity index is 527. The fourth-order valence-electron chi connectivity index (χ4n) is 1.64. The van der Waals surface area contributed by atoms with E-state index in [9.17, 15) is 0 Å². The standard InChI is InChI=1S/C13H17ClN4O/c1-9(2)16-6-3-4-12-17-18-13(19-12)10-5-7-15-8-11(10)14/h5,7-9,16H,3-4,6H2,1-2H3. The Morgan fingerprint density at radius 1 is 1.37 bits per heavy atom. The molecular weight excluding hydrogens is 264 g/mol. The fraction of sp³-hybridized carbons (Fsp3) is 0.462. The van der Waals surface area contributed by atoms with E-state index in [4.69, 9.17) is 16.0 Å². The number of rotatable bonds is 6. The summed E-state index contributed by atoms with van der Waals surface area (Å²) in [6.07, 6.45) is 4.93. The van der Waals surface area contributed by atoms with Crippen LogP contribution in [-0.4, -0.2) is 27.8 Å². The number of nitrogens with zero attached hydrogens (tertiary/aromatic N) is 3. The van der Waals surface area contributed by atoms with Crippen molar-refractivity contribution in [2.24, 2.45) is 0 Å². The third-order valence-electron chi connectivity index (χ3n) is 2.59. The van der Waals surface area contributed by atoms with Crippen LogP contribution in [0, 0.1) is 0 Å². The minimum atomic E-state index is 0.444. The second-order valence-electron chi connectivity index (χ2n) is 4.57. The molecule has 5 nitrogen and oxygen atoms in total. The zero-order chi connectivity index (χ0) is 13.7. The fourth-order valence-corrected chi connectivity index (χ4v) is 1.84. The molecule has 2 aromatic heterocycles. The summed E-state index contributed by atoms with van der Waals surface area (Å²) in [6.45, 7) is 5.18. The van der Waals surface area contributed by atoms with E-state index in [-0.39, 0.29) is 0 Å².